The number of likely N-dealkylation sites (N-methyl/N-ethyl adjacent to an activating group) is 1. The van der Waals surface area contributed by atoms with Crippen molar-refractivity contribution < 1.29 is 4.79 Å². The number of carbonyl (C=O) groups excluding carboxylic acids is 1. The van der Waals surface area contributed by atoms with Gasteiger partial charge in [-0.3, -0.25) is 9.69 Å². The maximum atomic E-state index is 11.0. The van der Waals surface area contributed by atoms with Gasteiger partial charge in [-0.2, -0.15) is 0 Å². The van der Waals surface area contributed by atoms with Gasteiger partial charge in [-0.25, -0.2) is 9.97 Å². The van der Waals surface area contributed by atoms with Crippen molar-refractivity contribution in [2.45, 2.75) is 27.3 Å². The fraction of sp³-hybridized carbons (Fsp3) is 0.462. The molecular formula is C13H17ClN4OS. The number of aromatic nitrogens is 2. The van der Waals surface area contributed by atoms with Gasteiger partial charge in [0.05, 0.1) is 18.5 Å². The van der Waals surface area contributed by atoms with Gasteiger partial charge in [0.25, 0.3) is 0 Å². The van der Waals surface area contributed by atoms with E-state index in [0.29, 0.717) is 24.1 Å². The van der Waals surface area contributed by atoms with Crippen LogP contribution in [0.5, 0.6) is 0 Å². The minimum Gasteiger partial charge on any atom is -0.369 e. The molecular weight excluding hydrogens is 296 g/mol. The zero-order chi connectivity index (χ0) is 14.9. The lowest BCUT2D eigenvalue weighted by atomic mass is 10.2. The normalized spacial score (nSPS) is 11.4. The molecule has 0 aliphatic heterocycles. The van der Waals surface area contributed by atoms with Crippen molar-refractivity contribution in [3.05, 3.63) is 21.4 Å². The third-order valence-electron chi connectivity index (χ3n) is 3.22. The van der Waals surface area contributed by atoms with Crippen molar-refractivity contribution in [1.82, 2.24) is 14.9 Å². The summed E-state index contributed by atoms with van der Waals surface area (Å²) < 4.78 is 0. The van der Waals surface area contributed by atoms with Crippen LogP contribution in [0.3, 0.4) is 0 Å². The number of thiophene rings is 1. The summed E-state index contributed by atoms with van der Waals surface area (Å²) in [6.45, 7) is 7.38. The largest absolute Gasteiger partial charge is 0.369 e. The number of amides is 1. The SMILES string of the molecule is CCN(CC(N)=O)Cc1nc(Cl)c2c(C)c(C)sc2n1. The molecule has 1 amide bonds. The molecule has 0 unspecified atom stereocenters. The van der Waals surface area contributed by atoms with Gasteiger partial charge in [0.1, 0.15) is 15.8 Å². The molecule has 5 nitrogen and oxygen atoms in total. The summed E-state index contributed by atoms with van der Waals surface area (Å²) in [5, 5.41) is 1.40. The Labute approximate surface area is 126 Å². The van der Waals surface area contributed by atoms with E-state index < -0.39 is 0 Å². The van der Waals surface area contributed by atoms with E-state index in [1.54, 1.807) is 11.3 Å². The number of hydrogen-bond acceptors (Lipinski definition) is 5. The molecule has 0 bridgehead atoms. The number of fused-ring (bicyclic) bond motifs is 1. The summed E-state index contributed by atoms with van der Waals surface area (Å²) >= 11 is 7.87. The average Bonchev–Trinajstić information content (AvgIpc) is 2.63. The van der Waals surface area contributed by atoms with Crippen molar-refractivity contribution >= 4 is 39.1 Å². The highest BCUT2D eigenvalue weighted by Crippen LogP contribution is 2.32. The van der Waals surface area contributed by atoms with E-state index in [-0.39, 0.29) is 12.5 Å². The highest BCUT2D eigenvalue weighted by Gasteiger charge is 2.15. The Morgan fingerprint density at radius 1 is 1.40 bits per heavy atom. The van der Waals surface area contributed by atoms with Crippen LogP contribution in [0, 0.1) is 13.8 Å². The number of rotatable bonds is 5. The minimum absolute atomic E-state index is 0.192. The Morgan fingerprint density at radius 3 is 2.70 bits per heavy atom. The molecule has 7 heteroatoms. The third-order valence-corrected chi connectivity index (χ3v) is 4.60. The average molecular weight is 313 g/mol. The summed E-state index contributed by atoms with van der Waals surface area (Å²) in [6.07, 6.45) is 0. The molecule has 0 fully saturated rings. The van der Waals surface area contributed by atoms with E-state index >= 15 is 0 Å². The third kappa shape index (κ3) is 3.08. The summed E-state index contributed by atoms with van der Waals surface area (Å²) in [7, 11) is 0. The fourth-order valence-corrected chi connectivity index (χ4v) is 3.45. The first-order valence-electron chi connectivity index (χ1n) is 6.35. The smallest absolute Gasteiger partial charge is 0.231 e. The Kier molecular flexibility index (Phi) is 4.57. The second-order valence-corrected chi connectivity index (χ2v) is 6.22. The molecule has 0 radical (unpaired) electrons. The lowest BCUT2D eigenvalue weighted by Crippen LogP contribution is -2.33. The van der Waals surface area contributed by atoms with Crippen LogP contribution in [0.4, 0.5) is 0 Å². The first kappa shape index (κ1) is 15.2. The van der Waals surface area contributed by atoms with Crippen LogP contribution in [0.1, 0.15) is 23.2 Å². The monoisotopic (exact) mass is 312 g/mol. The molecule has 0 aliphatic carbocycles. The van der Waals surface area contributed by atoms with Gasteiger partial charge >= 0.3 is 0 Å². The zero-order valence-electron chi connectivity index (χ0n) is 11.7. The molecule has 20 heavy (non-hydrogen) atoms. The lowest BCUT2D eigenvalue weighted by Gasteiger charge is -2.17. The van der Waals surface area contributed by atoms with Crippen LogP contribution < -0.4 is 5.73 Å². The molecule has 0 atom stereocenters. The van der Waals surface area contributed by atoms with Gasteiger partial charge in [0.15, 0.2) is 0 Å². The Hall–Kier alpha value is -1.24. The van der Waals surface area contributed by atoms with E-state index in [1.807, 2.05) is 25.7 Å². The van der Waals surface area contributed by atoms with Crippen molar-refractivity contribution in [3.8, 4) is 0 Å². The molecule has 0 aliphatic rings. The minimum atomic E-state index is -0.359. The first-order chi connectivity index (χ1) is 9.42. The lowest BCUT2D eigenvalue weighted by molar-refractivity contribution is -0.119. The molecule has 0 aromatic carbocycles. The number of carbonyl (C=O) groups is 1. The predicted molar refractivity (Wildman–Crippen MR) is 82.0 cm³/mol. The quantitative estimate of drug-likeness (QED) is 0.860. The van der Waals surface area contributed by atoms with E-state index in [1.165, 1.54) is 4.88 Å². The number of aryl methyl sites for hydroxylation is 2. The van der Waals surface area contributed by atoms with Gasteiger partial charge in [-0.1, -0.05) is 18.5 Å². The number of hydrogen-bond donors (Lipinski definition) is 1. The van der Waals surface area contributed by atoms with Crippen LogP contribution in [-0.2, 0) is 11.3 Å². The van der Waals surface area contributed by atoms with E-state index in [4.69, 9.17) is 17.3 Å². The number of halogens is 1. The van der Waals surface area contributed by atoms with Crippen molar-refractivity contribution in [2.24, 2.45) is 5.73 Å². The van der Waals surface area contributed by atoms with Crippen molar-refractivity contribution in [1.29, 1.82) is 0 Å². The van der Waals surface area contributed by atoms with Crippen molar-refractivity contribution in [2.75, 3.05) is 13.1 Å². The summed E-state index contributed by atoms with van der Waals surface area (Å²) in [5.41, 5.74) is 6.35. The Bertz CT molecular complexity index is 655. The number of nitrogens with zero attached hydrogens (tertiary/aromatic N) is 3. The molecule has 0 spiro atoms. The maximum absolute atomic E-state index is 11.0. The Morgan fingerprint density at radius 2 is 2.10 bits per heavy atom. The summed E-state index contributed by atoms with van der Waals surface area (Å²) in [6, 6.07) is 0. The molecule has 2 N–H and O–H groups in total. The molecule has 108 valence electrons. The van der Waals surface area contributed by atoms with Crippen LogP contribution in [0.2, 0.25) is 5.15 Å². The van der Waals surface area contributed by atoms with Gasteiger partial charge in [-0.05, 0) is 26.0 Å². The standard InChI is InChI=1S/C13H17ClN4OS/c1-4-18(5-9(15)19)6-10-16-12(14)11-7(2)8(3)20-13(11)17-10/h4-6H2,1-3H3,(H2,15,19). The molecule has 2 heterocycles. The summed E-state index contributed by atoms with van der Waals surface area (Å²) in [4.78, 5) is 23.8. The summed E-state index contributed by atoms with van der Waals surface area (Å²) in [5.74, 6) is 0.258. The number of primary amides is 1. The van der Waals surface area contributed by atoms with E-state index in [2.05, 4.69) is 9.97 Å². The number of nitrogens with two attached hydrogens (primary N) is 1. The highest BCUT2D eigenvalue weighted by molar-refractivity contribution is 7.18. The first-order valence-corrected chi connectivity index (χ1v) is 7.54. The maximum Gasteiger partial charge on any atom is 0.231 e. The van der Waals surface area contributed by atoms with Gasteiger partial charge in [0, 0.05) is 4.88 Å². The zero-order valence-corrected chi connectivity index (χ0v) is 13.3. The van der Waals surface area contributed by atoms with Crippen molar-refractivity contribution in [3.63, 3.8) is 0 Å². The van der Waals surface area contributed by atoms with Crippen LogP contribution >= 0.6 is 22.9 Å². The van der Waals surface area contributed by atoms with E-state index in [0.717, 1.165) is 15.8 Å². The van der Waals surface area contributed by atoms with E-state index in [9.17, 15) is 4.79 Å². The topological polar surface area (TPSA) is 72.1 Å². The van der Waals surface area contributed by atoms with Crippen LogP contribution in [0.15, 0.2) is 0 Å². The van der Waals surface area contributed by atoms with Gasteiger partial charge in [0.2, 0.25) is 5.91 Å². The molecule has 2 aromatic heterocycles. The molecule has 0 saturated heterocycles. The molecule has 2 rings (SSSR count). The second-order valence-electron chi connectivity index (χ2n) is 4.66. The molecule has 0 saturated carbocycles. The second kappa shape index (κ2) is 6.03. The van der Waals surface area contributed by atoms with Crippen LogP contribution in [-0.4, -0.2) is 33.9 Å². The Balaban J connectivity index is 2.33. The van der Waals surface area contributed by atoms with Crippen LogP contribution in [0.25, 0.3) is 10.2 Å². The highest BCUT2D eigenvalue weighted by atomic mass is 35.5. The van der Waals surface area contributed by atoms with Gasteiger partial charge < -0.3 is 5.73 Å². The molecule has 2 aromatic rings. The predicted octanol–water partition coefficient (Wildman–Crippen LogP) is 2.27. The fourth-order valence-electron chi connectivity index (χ4n) is 2.01. The van der Waals surface area contributed by atoms with Gasteiger partial charge in [-0.15, -0.1) is 11.3 Å².